The molecule has 0 bridgehead atoms. The van der Waals surface area contributed by atoms with Crippen LogP contribution in [-0.4, -0.2) is 80.6 Å². The van der Waals surface area contributed by atoms with Gasteiger partial charge in [-0.2, -0.15) is 0 Å². The summed E-state index contributed by atoms with van der Waals surface area (Å²) in [5, 5.41) is 11.1. The van der Waals surface area contributed by atoms with Crippen LogP contribution in [0.15, 0.2) is 46.9 Å². The molecule has 262 valence electrons. The van der Waals surface area contributed by atoms with Gasteiger partial charge in [-0.25, -0.2) is 28.1 Å². The molecule has 3 heterocycles. The number of carbonyl (C=O) groups excluding carboxylic acids is 2. The lowest BCUT2D eigenvalue weighted by atomic mass is 10.1. The second-order valence-electron chi connectivity index (χ2n) is 10.9. The monoisotopic (exact) mass is 727 g/mol. The summed E-state index contributed by atoms with van der Waals surface area (Å²) in [6.07, 6.45) is 1.80. The number of aliphatic hydroxyl groups excluding tert-OH is 1. The fraction of sp³-hybridized carbons (Fsp3) is 0.467. The minimum atomic E-state index is -3.54. The molecule has 4 rings (SSSR count). The van der Waals surface area contributed by atoms with Crippen molar-refractivity contribution in [1.29, 1.82) is 0 Å². The number of carbonyl (C=O) groups is 2. The molecule has 0 saturated carbocycles. The first kappa shape index (κ1) is 37.2. The van der Waals surface area contributed by atoms with E-state index in [9.17, 15) is 27.7 Å². The van der Waals surface area contributed by atoms with Gasteiger partial charge in [0.1, 0.15) is 23.4 Å². The number of anilines is 1. The van der Waals surface area contributed by atoms with E-state index in [2.05, 4.69) is 9.97 Å². The van der Waals surface area contributed by atoms with E-state index in [1.807, 2.05) is 6.92 Å². The maximum Gasteiger partial charge on any atom is 0.510 e. The molecule has 1 atom stereocenters. The summed E-state index contributed by atoms with van der Waals surface area (Å²) in [5.74, 6) is -0.0978. The second-order valence-corrected chi connectivity index (χ2v) is 15.7. The van der Waals surface area contributed by atoms with E-state index in [1.54, 1.807) is 19.2 Å². The number of aromatic nitrogens is 2. The molecule has 48 heavy (non-hydrogen) atoms. The summed E-state index contributed by atoms with van der Waals surface area (Å²) in [6, 6.07) is 7.13. The number of nitrogens with zero attached hydrogens (tertiary/aromatic N) is 3. The van der Waals surface area contributed by atoms with E-state index in [0.717, 1.165) is 22.5 Å². The molecule has 2 aromatic heterocycles. The smallest absolute Gasteiger partial charge is 0.490 e. The maximum atomic E-state index is 14.2. The Morgan fingerprint density at radius 3 is 2.48 bits per heavy atom. The molecule has 15 nitrogen and oxygen atoms in total. The van der Waals surface area contributed by atoms with Gasteiger partial charge in [0.2, 0.25) is 0 Å². The van der Waals surface area contributed by atoms with Gasteiger partial charge in [-0.1, -0.05) is 6.92 Å². The first-order chi connectivity index (χ1) is 22.8. The molecular formula is C30H38N3O12PS2. The number of thiazole rings is 1. The van der Waals surface area contributed by atoms with Crippen LogP contribution in [0.2, 0.25) is 0 Å². The quantitative estimate of drug-likeness (QED) is 0.116. The molecule has 1 N–H and O–H groups in total. The number of rotatable bonds is 15. The third-order valence-corrected chi connectivity index (χ3v) is 10.3. The summed E-state index contributed by atoms with van der Waals surface area (Å²) < 4.78 is 69.8. The summed E-state index contributed by atoms with van der Waals surface area (Å²) in [4.78, 5) is 36.0. The van der Waals surface area contributed by atoms with E-state index in [-0.39, 0.29) is 51.8 Å². The number of amides is 1. The zero-order chi connectivity index (χ0) is 34.9. The van der Waals surface area contributed by atoms with Crippen molar-refractivity contribution in [1.82, 2.24) is 9.97 Å². The molecule has 18 heteroatoms. The van der Waals surface area contributed by atoms with Gasteiger partial charge in [0.05, 0.1) is 37.4 Å². The number of ether oxygens (including phenoxy) is 4. The van der Waals surface area contributed by atoms with Crippen LogP contribution in [0, 0.1) is 0 Å². The number of sulfone groups is 1. The second kappa shape index (κ2) is 16.7. The van der Waals surface area contributed by atoms with Gasteiger partial charge >= 0.3 is 13.8 Å². The van der Waals surface area contributed by atoms with Crippen molar-refractivity contribution < 1.29 is 55.7 Å². The topological polar surface area (TPSA) is 190 Å². The van der Waals surface area contributed by atoms with Crippen molar-refractivity contribution in [3.8, 4) is 17.2 Å². The SMILES string of the molecule is CC[C@@H](CCO)Oc1cc(Oc2ccc(S(C)(=O)=O)nc2)cc(C(=O)N(COC(=O)OC(C)C)c2nc(CP3(=O)OCCCO3)cs2)c1. The Hall–Kier alpha value is -3.60. The third kappa shape index (κ3) is 10.7. The molecule has 0 spiro atoms. The van der Waals surface area contributed by atoms with Crippen LogP contribution in [0.25, 0.3) is 0 Å². The Bertz CT molecular complexity index is 1710. The number of hydrogen-bond acceptors (Lipinski definition) is 15. The molecular weight excluding hydrogens is 689 g/mol. The van der Waals surface area contributed by atoms with Gasteiger partial charge in [-0.05, 0) is 51.0 Å². The van der Waals surface area contributed by atoms with Crippen LogP contribution < -0.4 is 14.4 Å². The lowest BCUT2D eigenvalue weighted by Crippen LogP contribution is -2.34. The van der Waals surface area contributed by atoms with Crippen molar-refractivity contribution >= 4 is 46.0 Å². The number of pyridine rings is 1. The summed E-state index contributed by atoms with van der Waals surface area (Å²) in [6.45, 7) is 5.06. The van der Waals surface area contributed by atoms with E-state index >= 15 is 0 Å². The lowest BCUT2D eigenvalue weighted by Gasteiger charge is -2.22. The first-order valence-corrected chi connectivity index (χ1v) is 19.5. The van der Waals surface area contributed by atoms with E-state index in [0.29, 0.717) is 38.2 Å². The average molecular weight is 728 g/mol. The summed E-state index contributed by atoms with van der Waals surface area (Å²) in [7, 11) is -6.96. The fourth-order valence-electron chi connectivity index (χ4n) is 4.27. The standard InChI is InChI=1S/C30H38N3O12PS2/c1-5-23(9-10-34)44-25-13-21(14-26(15-25)45-24-7-8-27(31-16-24)48(4,38)39)28(35)33(19-40-30(36)43-20(2)3)29-32-22(18-47-29)17-46(37)41-11-6-12-42-46/h7-8,13-16,18,20,23,34H,5-6,9-12,17,19H2,1-4H3/t23-/m0/s1. The summed E-state index contributed by atoms with van der Waals surface area (Å²) in [5.41, 5.74) is 0.398. The zero-order valence-corrected chi connectivity index (χ0v) is 29.4. The Labute approximate surface area is 282 Å². The van der Waals surface area contributed by atoms with Crippen molar-refractivity contribution in [2.24, 2.45) is 0 Å². The molecule has 0 radical (unpaired) electrons. The molecule has 0 unspecified atom stereocenters. The van der Waals surface area contributed by atoms with Gasteiger partial charge in [0.25, 0.3) is 5.91 Å². The van der Waals surface area contributed by atoms with Gasteiger partial charge in [-0.15, -0.1) is 11.3 Å². The zero-order valence-electron chi connectivity index (χ0n) is 26.9. The predicted molar refractivity (Wildman–Crippen MR) is 175 cm³/mol. The fourth-order valence-corrected chi connectivity index (χ4v) is 7.40. The van der Waals surface area contributed by atoms with Crippen molar-refractivity contribution in [3.63, 3.8) is 0 Å². The van der Waals surface area contributed by atoms with Crippen LogP contribution in [0.5, 0.6) is 17.2 Å². The summed E-state index contributed by atoms with van der Waals surface area (Å²) >= 11 is 1.05. The molecule has 1 aliphatic heterocycles. The number of hydrogen-bond donors (Lipinski definition) is 1. The number of benzene rings is 1. The van der Waals surface area contributed by atoms with E-state index in [4.69, 9.17) is 28.0 Å². The van der Waals surface area contributed by atoms with Gasteiger partial charge in [-0.3, -0.25) is 9.36 Å². The normalized spacial score (nSPS) is 15.0. The molecule has 1 saturated heterocycles. The molecule has 1 amide bonds. The van der Waals surface area contributed by atoms with Crippen LogP contribution in [-0.2, 0) is 39.1 Å². The largest absolute Gasteiger partial charge is 0.510 e. The lowest BCUT2D eigenvalue weighted by molar-refractivity contribution is 0.0344. The van der Waals surface area contributed by atoms with Gasteiger partial charge in [0, 0.05) is 36.3 Å². The highest BCUT2D eigenvalue weighted by Crippen LogP contribution is 2.53. The maximum absolute atomic E-state index is 14.2. The average Bonchev–Trinajstić information content (AvgIpc) is 3.47. The molecule has 1 aromatic carbocycles. The van der Waals surface area contributed by atoms with Crippen molar-refractivity contribution in [2.75, 3.05) is 37.7 Å². The van der Waals surface area contributed by atoms with Crippen LogP contribution in [0.3, 0.4) is 0 Å². The molecule has 3 aromatic rings. The van der Waals surface area contributed by atoms with Crippen LogP contribution >= 0.6 is 18.9 Å². The Kier molecular flexibility index (Phi) is 12.9. The van der Waals surface area contributed by atoms with Gasteiger partial charge < -0.3 is 33.1 Å². The van der Waals surface area contributed by atoms with Crippen molar-refractivity contribution in [2.45, 2.75) is 63.4 Å². The van der Waals surface area contributed by atoms with Crippen LogP contribution in [0.1, 0.15) is 56.1 Å². The Morgan fingerprint density at radius 2 is 1.85 bits per heavy atom. The highest BCUT2D eigenvalue weighted by molar-refractivity contribution is 7.90. The van der Waals surface area contributed by atoms with Crippen molar-refractivity contribution in [3.05, 3.63) is 53.2 Å². The van der Waals surface area contributed by atoms with Crippen LogP contribution in [0.4, 0.5) is 9.93 Å². The van der Waals surface area contributed by atoms with E-state index in [1.165, 1.54) is 36.5 Å². The molecule has 0 aliphatic carbocycles. The first-order valence-electron chi connectivity index (χ1n) is 15.0. The minimum absolute atomic E-state index is 0.0476. The number of aliphatic hydroxyl groups is 1. The molecule has 1 fully saturated rings. The predicted octanol–water partition coefficient (Wildman–Crippen LogP) is 5.57. The van der Waals surface area contributed by atoms with E-state index < -0.39 is 42.3 Å². The molecule has 1 aliphatic rings. The third-order valence-electron chi connectivity index (χ3n) is 6.54. The highest BCUT2D eigenvalue weighted by atomic mass is 32.2. The minimum Gasteiger partial charge on any atom is -0.490 e. The Balaban J connectivity index is 1.69. The van der Waals surface area contributed by atoms with Gasteiger partial charge in [0.15, 0.2) is 26.7 Å². The highest BCUT2D eigenvalue weighted by Gasteiger charge is 2.31. The Morgan fingerprint density at radius 1 is 1.12 bits per heavy atom.